The molecule has 14 heavy (non-hydrogen) atoms. The molecule has 1 aromatic heterocycles. The van der Waals surface area contributed by atoms with Crippen LogP contribution in [0.25, 0.3) is 10.9 Å². The zero-order valence-corrected chi connectivity index (χ0v) is 7.90. The third kappa shape index (κ3) is 1.36. The van der Waals surface area contributed by atoms with Crippen LogP contribution in [0.5, 0.6) is 0 Å². The van der Waals surface area contributed by atoms with E-state index in [9.17, 15) is 9.00 Å². The molecular formula is C9H7NO3S. The first kappa shape index (κ1) is 9.11. The minimum atomic E-state index is -2.31. The van der Waals surface area contributed by atoms with Crippen molar-refractivity contribution < 1.29 is 8.76 Å². The molecule has 1 aromatic carbocycles. The molecule has 2 rings (SSSR count). The van der Waals surface area contributed by atoms with Crippen LogP contribution in [-0.2, 0) is 11.3 Å². The molecule has 1 atom stereocenters. The summed E-state index contributed by atoms with van der Waals surface area (Å²) in [6, 6.07) is 9.82. The van der Waals surface area contributed by atoms with Crippen LogP contribution in [0.1, 0.15) is 0 Å². The number of para-hydroxylation sites is 1. The summed E-state index contributed by atoms with van der Waals surface area (Å²) in [4.78, 5) is 11.3. The third-order valence-electron chi connectivity index (χ3n) is 1.92. The van der Waals surface area contributed by atoms with Crippen molar-refractivity contribution in [3.8, 4) is 0 Å². The Kier molecular flexibility index (Phi) is 2.18. The normalized spacial score (nSPS) is 12.9. The second kappa shape index (κ2) is 3.36. The van der Waals surface area contributed by atoms with Gasteiger partial charge in [-0.2, -0.15) is 0 Å². The SMILES string of the molecule is O=c1ccc2ccccc2n1S(=O)O. The lowest BCUT2D eigenvalue weighted by Crippen LogP contribution is -2.21. The fourth-order valence-electron chi connectivity index (χ4n) is 1.32. The smallest absolute Gasteiger partial charge is 0.269 e. The van der Waals surface area contributed by atoms with E-state index >= 15 is 0 Å². The highest BCUT2D eigenvalue weighted by molar-refractivity contribution is 7.77. The molecule has 0 amide bonds. The third-order valence-corrected chi connectivity index (χ3v) is 2.61. The van der Waals surface area contributed by atoms with Crippen molar-refractivity contribution in [2.45, 2.75) is 0 Å². The Balaban J connectivity index is 2.97. The first-order valence-corrected chi connectivity index (χ1v) is 4.98. The summed E-state index contributed by atoms with van der Waals surface area (Å²) in [6.45, 7) is 0. The number of hydrogen-bond acceptors (Lipinski definition) is 2. The van der Waals surface area contributed by atoms with E-state index in [4.69, 9.17) is 4.55 Å². The van der Waals surface area contributed by atoms with Gasteiger partial charge in [0.05, 0.1) is 5.52 Å². The maximum absolute atomic E-state index is 11.3. The summed E-state index contributed by atoms with van der Waals surface area (Å²) in [5.74, 6) is 0. The lowest BCUT2D eigenvalue weighted by Gasteiger charge is -2.03. The Hall–Kier alpha value is -1.46. The molecule has 0 aliphatic carbocycles. The summed E-state index contributed by atoms with van der Waals surface area (Å²) in [5.41, 5.74) is -0.0228. The second-order valence-corrected chi connectivity index (χ2v) is 3.58. The average molecular weight is 209 g/mol. The van der Waals surface area contributed by atoms with E-state index in [0.717, 1.165) is 9.36 Å². The summed E-state index contributed by atoms with van der Waals surface area (Å²) >= 11 is -2.31. The summed E-state index contributed by atoms with van der Waals surface area (Å²) in [5, 5.41) is 0.759. The van der Waals surface area contributed by atoms with Gasteiger partial charge in [-0.15, -0.1) is 0 Å². The van der Waals surface area contributed by atoms with Gasteiger partial charge in [-0.1, -0.05) is 18.2 Å². The van der Waals surface area contributed by atoms with Crippen LogP contribution in [0, 0.1) is 0 Å². The molecule has 1 N–H and O–H groups in total. The molecule has 72 valence electrons. The minimum Gasteiger partial charge on any atom is -0.289 e. The van der Waals surface area contributed by atoms with E-state index < -0.39 is 16.8 Å². The van der Waals surface area contributed by atoms with E-state index in [2.05, 4.69) is 0 Å². The lowest BCUT2D eigenvalue weighted by molar-refractivity contribution is 0.555. The number of benzene rings is 1. The number of pyridine rings is 1. The zero-order chi connectivity index (χ0) is 10.1. The number of nitrogens with zero attached hydrogens (tertiary/aromatic N) is 1. The van der Waals surface area contributed by atoms with Gasteiger partial charge < -0.3 is 0 Å². The molecule has 1 unspecified atom stereocenters. The van der Waals surface area contributed by atoms with Gasteiger partial charge in [0.15, 0.2) is 0 Å². The molecular weight excluding hydrogens is 202 g/mol. The molecule has 0 radical (unpaired) electrons. The van der Waals surface area contributed by atoms with E-state index in [0.29, 0.717) is 5.52 Å². The molecule has 0 saturated heterocycles. The Bertz CT molecular complexity index is 561. The van der Waals surface area contributed by atoms with Crippen LogP contribution in [0.4, 0.5) is 0 Å². The Morgan fingerprint density at radius 3 is 2.57 bits per heavy atom. The Morgan fingerprint density at radius 2 is 1.86 bits per heavy atom. The molecule has 0 spiro atoms. The van der Waals surface area contributed by atoms with Crippen molar-refractivity contribution in [1.29, 1.82) is 0 Å². The van der Waals surface area contributed by atoms with Gasteiger partial charge in [0.2, 0.25) is 0 Å². The van der Waals surface area contributed by atoms with Gasteiger partial charge in [-0.3, -0.25) is 9.35 Å². The van der Waals surface area contributed by atoms with Crippen LogP contribution in [0.3, 0.4) is 0 Å². The molecule has 0 bridgehead atoms. The number of aromatic nitrogens is 1. The number of rotatable bonds is 1. The Labute approximate surface area is 82.2 Å². The second-order valence-electron chi connectivity index (χ2n) is 2.76. The minimum absolute atomic E-state index is 0.459. The van der Waals surface area contributed by atoms with E-state index in [1.54, 1.807) is 30.3 Å². The van der Waals surface area contributed by atoms with Gasteiger partial charge in [0.25, 0.3) is 16.8 Å². The van der Waals surface area contributed by atoms with Crippen molar-refractivity contribution in [1.82, 2.24) is 3.97 Å². The Morgan fingerprint density at radius 1 is 1.14 bits per heavy atom. The van der Waals surface area contributed by atoms with E-state index in [1.807, 2.05) is 0 Å². The standard InChI is InChI=1S/C9H7NO3S/c11-9-6-5-7-3-1-2-4-8(7)10(9)14(12)13/h1-6H,(H,12,13). The van der Waals surface area contributed by atoms with Crippen molar-refractivity contribution >= 4 is 22.2 Å². The van der Waals surface area contributed by atoms with E-state index in [-0.39, 0.29) is 0 Å². The zero-order valence-electron chi connectivity index (χ0n) is 7.08. The predicted molar refractivity (Wildman–Crippen MR) is 54.4 cm³/mol. The molecule has 0 saturated carbocycles. The largest absolute Gasteiger partial charge is 0.289 e. The van der Waals surface area contributed by atoms with Crippen LogP contribution >= 0.6 is 0 Å². The van der Waals surface area contributed by atoms with Crippen LogP contribution in [0.15, 0.2) is 41.2 Å². The van der Waals surface area contributed by atoms with Crippen LogP contribution < -0.4 is 5.56 Å². The fraction of sp³-hybridized carbons (Fsp3) is 0. The molecule has 5 heteroatoms. The summed E-state index contributed by atoms with van der Waals surface area (Å²) in [7, 11) is 0. The topological polar surface area (TPSA) is 59.3 Å². The monoisotopic (exact) mass is 209 g/mol. The van der Waals surface area contributed by atoms with Crippen molar-refractivity contribution in [2.24, 2.45) is 0 Å². The molecule has 0 aliphatic rings. The maximum atomic E-state index is 11.3. The molecule has 0 fully saturated rings. The van der Waals surface area contributed by atoms with Gasteiger partial charge >= 0.3 is 0 Å². The predicted octanol–water partition coefficient (Wildman–Crippen LogP) is 0.986. The molecule has 4 nitrogen and oxygen atoms in total. The first-order chi connectivity index (χ1) is 6.70. The van der Waals surface area contributed by atoms with E-state index in [1.165, 1.54) is 6.07 Å². The number of hydrogen-bond donors (Lipinski definition) is 1. The van der Waals surface area contributed by atoms with Crippen molar-refractivity contribution in [3.05, 3.63) is 46.8 Å². The van der Waals surface area contributed by atoms with Gasteiger partial charge in [0.1, 0.15) is 0 Å². The van der Waals surface area contributed by atoms with Gasteiger partial charge in [-0.05, 0) is 17.5 Å². The lowest BCUT2D eigenvalue weighted by atomic mass is 10.2. The highest BCUT2D eigenvalue weighted by Gasteiger charge is 2.05. The highest BCUT2D eigenvalue weighted by Crippen LogP contribution is 2.10. The summed E-state index contributed by atoms with van der Waals surface area (Å²) < 4.78 is 20.7. The van der Waals surface area contributed by atoms with Crippen LogP contribution in [0.2, 0.25) is 0 Å². The fourth-order valence-corrected chi connectivity index (χ4v) is 1.87. The van der Waals surface area contributed by atoms with Crippen molar-refractivity contribution in [3.63, 3.8) is 0 Å². The summed E-state index contributed by atoms with van der Waals surface area (Å²) in [6.07, 6.45) is 0. The molecule has 1 heterocycles. The maximum Gasteiger partial charge on any atom is 0.269 e. The molecule has 2 aromatic rings. The average Bonchev–Trinajstić information content (AvgIpc) is 2.17. The number of fused-ring (bicyclic) bond motifs is 1. The quantitative estimate of drug-likeness (QED) is 0.712. The van der Waals surface area contributed by atoms with Gasteiger partial charge in [-0.25, -0.2) is 8.18 Å². The van der Waals surface area contributed by atoms with Gasteiger partial charge in [0, 0.05) is 6.07 Å². The highest BCUT2D eigenvalue weighted by atomic mass is 32.2. The van der Waals surface area contributed by atoms with Crippen LogP contribution in [-0.4, -0.2) is 12.7 Å². The van der Waals surface area contributed by atoms with Crippen molar-refractivity contribution in [2.75, 3.05) is 0 Å². The molecule has 0 aliphatic heterocycles. The first-order valence-electron chi connectivity index (χ1n) is 3.92.